The van der Waals surface area contributed by atoms with Gasteiger partial charge in [-0.25, -0.2) is 4.39 Å². The quantitative estimate of drug-likeness (QED) is 0.253. The Morgan fingerprint density at radius 1 is 0.946 bits per heavy atom. The maximum atomic E-state index is 14.1. The lowest BCUT2D eigenvalue weighted by atomic mass is 9.97. The number of nitrogens with zero attached hydrogens (tertiary/aromatic N) is 1. The van der Waals surface area contributed by atoms with E-state index in [2.05, 4.69) is 6.92 Å². The number of hydrogen-bond acceptors (Lipinski definition) is 5. The minimum absolute atomic E-state index is 0.0220. The zero-order valence-electron chi connectivity index (χ0n) is 20.8. The van der Waals surface area contributed by atoms with Crippen LogP contribution in [0, 0.1) is 5.82 Å². The van der Waals surface area contributed by atoms with E-state index in [0.717, 1.165) is 24.5 Å². The third-order valence-corrected chi connectivity index (χ3v) is 6.46. The van der Waals surface area contributed by atoms with Gasteiger partial charge in [-0.15, -0.1) is 0 Å². The Morgan fingerprint density at radius 3 is 2.51 bits per heavy atom. The summed E-state index contributed by atoms with van der Waals surface area (Å²) < 4.78 is 31.8. The van der Waals surface area contributed by atoms with Gasteiger partial charge in [-0.3, -0.25) is 9.59 Å². The van der Waals surface area contributed by atoms with Gasteiger partial charge in [0.15, 0.2) is 16.9 Å². The fraction of sp³-hybridized carbons (Fsp3) is 0.267. The van der Waals surface area contributed by atoms with Crippen molar-refractivity contribution >= 4 is 16.9 Å². The molecule has 2 heterocycles. The smallest absolute Gasteiger partial charge is 0.291 e. The second-order valence-corrected chi connectivity index (χ2v) is 8.98. The van der Waals surface area contributed by atoms with Gasteiger partial charge in [0.1, 0.15) is 11.4 Å². The van der Waals surface area contributed by atoms with Crippen LogP contribution in [0.15, 0.2) is 75.9 Å². The highest BCUT2D eigenvalue weighted by atomic mass is 19.1. The van der Waals surface area contributed by atoms with Crippen LogP contribution in [0.4, 0.5) is 4.39 Å². The molecule has 1 unspecified atom stereocenters. The predicted molar refractivity (Wildman–Crippen MR) is 139 cm³/mol. The first-order valence-corrected chi connectivity index (χ1v) is 12.5. The SMILES string of the molecule is CCCCOc1ccc(C2c3c(oc4ccc(F)cc4c3=O)C(=O)N2Cc2ccccc2)cc1OCC. The summed E-state index contributed by atoms with van der Waals surface area (Å²) in [6.45, 7) is 5.22. The third-order valence-electron chi connectivity index (χ3n) is 6.46. The average Bonchev–Trinajstić information content (AvgIpc) is 3.17. The molecule has 0 N–H and O–H groups in total. The van der Waals surface area contributed by atoms with Gasteiger partial charge in [0.05, 0.1) is 30.2 Å². The lowest BCUT2D eigenvalue weighted by molar-refractivity contribution is 0.0714. The molecule has 37 heavy (non-hydrogen) atoms. The normalized spacial score (nSPS) is 14.7. The molecule has 5 rings (SSSR count). The van der Waals surface area contributed by atoms with Crippen LogP contribution in [0.3, 0.4) is 0 Å². The van der Waals surface area contributed by atoms with Crippen molar-refractivity contribution in [1.82, 2.24) is 4.90 Å². The number of ether oxygens (including phenoxy) is 2. The summed E-state index contributed by atoms with van der Waals surface area (Å²) in [5, 5.41) is 0.0997. The summed E-state index contributed by atoms with van der Waals surface area (Å²) in [7, 11) is 0. The van der Waals surface area contributed by atoms with Crippen LogP contribution in [0.5, 0.6) is 11.5 Å². The van der Waals surface area contributed by atoms with E-state index in [1.165, 1.54) is 12.1 Å². The first-order valence-electron chi connectivity index (χ1n) is 12.5. The van der Waals surface area contributed by atoms with E-state index in [-0.39, 0.29) is 28.8 Å². The Morgan fingerprint density at radius 2 is 1.76 bits per heavy atom. The van der Waals surface area contributed by atoms with Crippen molar-refractivity contribution < 1.29 is 23.1 Å². The van der Waals surface area contributed by atoms with E-state index >= 15 is 0 Å². The minimum Gasteiger partial charge on any atom is -0.490 e. The summed E-state index contributed by atoms with van der Waals surface area (Å²) in [5.74, 6) is 0.173. The molecule has 1 aliphatic rings. The summed E-state index contributed by atoms with van der Waals surface area (Å²) in [5.41, 5.74) is 1.53. The largest absolute Gasteiger partial charge is 0.490 e. The number of carbonyl (C=O) groups is 1. The Balaban J connectivity index is 1.66. The number of carbonyl (C=O) groups excluding carboxylic acids is 1. The lowest BCUT2D eigenvalue weighted by Crippen LogP contribution is -2.29. The summed E-state index contributed by atoms with van der Waals surface area (Å²) in [6.07, 6.45) is 1.91. The molecule has 4 aromatic rings. The van der Waals surface area contributed by atoms with Crippen LogP contribution >= 0.6 is 0 Å². The second-order valence-electron chi connectivity index (χ2n) is 8.98. The van der Waals surface area contributed by atoms with Gasteiger partial charge in [-0.05, 0) is 54.8 Å². The van der Waals surface area contributed by atoms with E-state index in [9.17, 15) is 14.0 Å². The minimum atomic E-state index is -0.740. The number of benzene rings is 3. The molecule has 7 heteroatoms. The molecule has 190 valence electrons. The van der Waals surface area contributed by atoms with Crippen molar-refractivity contribution in [3.05, 3.63) is 105 Å². The van der Waals surface area contributed by atoms with Crippen LogP contribution < -0.4 is 14.9 Å². The van der Waals surface area contributed by atoms with Crippen LogP contribution in [0.2, 0.25) is 0 Å². The fourth-order valence-corrected chi connectivity index (χ4v) is 4.69. The van der Waals surface area contributed by atoms with Crippen molar-refractivity contribution in [3.8, 4) is 11.5 Å². The highest BCUT2D eigenvalue weighted by Gasteiger charge is 2.43. The van der Waals surface area contributed by atoms with Crippen molar-refractivity contribution in [2.75, 3.05) is 13.2 Å². The zero-order valence-corrected chi connectivity index (χ0v) is 20.8. The zero-order chi connectivity index (χ0) is 25.9. The summed E-state index contributed by atoms with van der Waals surface area (Å²) >= 11 is 0. The predicted octanol–water partition coefficient (Wildman–Crippen LogP) is 6.26. The van der Waals surface area contributed by atoms with Crippen molar-refractivity contribution in [1.29, 1.82) is 0 Å². The Bertz CT molecular complexity index is 1500. The van der Waals surface area contributed by atoms with Gasteiger partial charge in [0.25, 0.3) is 5.91 Å². The summed E-state index contributed by atoms with van der Waals surface area (Å²) in [6, 6.07) is 18.0. The van der Waals surface area contributed by atoms with E-state index in [0.29, 0.717) is 30.3 Å². The molecule has 1 amide bonds. The molecular weight excluding hydrogens is 473 g/mol. The molecule has 0 spiro atoms. The molecule has 0 saturated carbocycles. The van der Waals surface area contributed by atoms with Gasteiger partial charge in [0, 0.05) is 6.54 Å². The lowest BCUT2D eigenvalue weighted by Gasteiger charge is -2.26. The first-order chi connectivity index (χ1) is 18.0. The number of fused-ring (bicyclic) bond motifs is 2. The van der Waals surface area contributed by atoms with Crippen molar-refractivity contribution in [2.45, 2.75) is 39.3 Å². The van der Waals surface area contributed by atoms with Gasteiger partial charge in [-0.2, -0.15) is 0 Å². The number of halogens is 1. The van der Waals surface area contributed by atoms with E-state index < -0.39 is 23.2 Å². The van der Waals surface area contributed by atoms with Gasteiger partial charge in [0.2, 0.25) is 5.76 Å². The Kier molecular flexibility index (Phi) is 6.95. The average molecular weight is 502 g/mol. The van der Waals surface area contributed by atoms with Crippen molar-refractivity contribution in [2.24, 2.45) is 0 Å². The number of hydrogen-bond donors (Lipinski definition) is 0. The van der Waals surface area contributed by atoms with Gasteiger partial charge in [-0.1, -0.05) is 49.7 Å². The number of rotatable bonds is 9. The standard InChI is InChI=1S/C30H28FNO5/c1-3-5-15-36-24-13-11-20(16-25(24)35-4-2)27-26-28(33)22-17-21(31)12-14-23(22)37-29(26)30(34)32(27)18-19-9-7-6-8-10-19/h6-14,16-17,27H,3-5,15,18H2,1-2H3. The van der Waals surface area contributed by atoms with E-state index in [4.69, 9.17) is 13.9 Å². The monoisotopic (exact) mass is 501 g/mol. The first kappa shape index (κ1) is 24.6. The topological polar surface area (TPSA) is 69.0 Å². The van der Waals surface area contributed by atoms with Crippen LogP contribution in [0.1, 0.15) is 60.0 Å². The highest BCUT2D eigenvalue weighted by Crippen LogP contribution is 2.42. The molecule has 1 aliphatic heterocycles. The van der Waals surface area contributed by atoms with Crippen LogP contribution in [-0.4, -0.2) is 24.0 Å². The Hall–Kier alpha value is -4.13. The fourth-order valence-electron chi connectivity index (χ4n) is 4.69. The molecule has 1 aromatic heterocycles. The van der Waals surface area contributed by atoms with Crippen LogP contribution in [0.25, 0.3) is 11.0 Å². The molecule has 0 radical (unpaired) electrons. The summed E-state index contributed by atoms with van der Waals surface area (Å²) in [4.78, 5) is 29.0. The van der Waals surface area contributed by atoms with E-state index in [1.54, 1.807) is 4.90 Å². The maximum Gasteiger partial charge on any atom is 0.291 e. The van der Waals surface area contributed by atoms with Crippen molar-refractivity contribution in [3.63, 3.8) is 0 Å². The highest BCUT2D eigenvalue weighted by molar-refractivity contribution is 5.99. The second kappa shape index (κ2) is 10.5. The molecular formula is C30H28FNO5. The molecule has 0 aliphatic carbocycles. The third kappa shape index (κ3) is 4.69. The number of unbranched alkanes of at least 4 members (excludes halogenated alkanes) is 1. The molecule has 3 aromatic carbocycles. The molecule has 1 atom stereocenters. The van der Waals surface area contributed by atoms with Gasteiger partial charge >= 0.3 is 0 Å². The molecule has 6 nitrogen and oxygen atoms in total. The van der Waals surface area contributed by atoms with E-state index in [1.807, 2.05) is 55.5 Å². The van der Waals surface area contributed by atoms with Crippen LogP contribution in [-0.2, 0) is 6.54 Å². The molecule has 0 saturated heterocycles. The maximum absolute atomic E-state index is 14.1. The molecule has 0 bridgehead atoms. The molecule has 0 fully saturated rings. The van der Waals surface area contributed by atoms with Gasteiger partial charge < -0.3 is 18.8 Å². The number of amides is 1. The Labute approximate surface area is 214 Å².